The molecule has 2 aromatic carbocycles. The van der Waals surface area contributed by atoms with Crippen molar-refractivity contribution in [3.05, 3.63) is 87.7 Å². The highest BCUT2D eigenvalue weighted by Crippen LogP contribution is 2.37. The number of amides is 2. The predicted octanol–water partition coefficient (Wildman–Crippen LogP) is 5.50. The largest absolute Gasteiger partial charge is 0.439 e. The van der Waals surface area contributed by atoms with Gasteiger partial charge < -0.3 is 20.3 Å². The molecule has 0 saturated carbocycles. The maximum Gasteiger partial charge on any atom is 0.261 e. The fourth-order valence-corrected chi connectivity index (χ4v) is 3.65. The van der Waals surface area contributed by atoms with Gasteiger partial charge >= 0.3 is 0 Å². The van der Waals surface area contributed by atoms with Crippen molar-refractivity contribution >= 4 is 40.7 Å². The smallest absolute Gasteiger partial charge is 0.261 e. The molecule has 0 radical (unpaired) electrons. The topological polar surface area (TPSA) is 120 Å². The van der Waals surface area contributed by atoms with Crippen LogP contribution in [0.25, 0.3) is 11.3 Å². The molecule has 2 amide bonds. The second kappa shape index (κ2) is 9.32. The molecule has 2 aromatic heterocycles. The number of rotatable bonds is 6. The molecule has 166 valence electrons. The molecule has 0 aliphatic heterocycles. The van der Waals surface area contributed by atoms with Crippen molar-refractivity contribution in [1.29, 1.82) is 0 Å². The third-order valence-corrected chi connectivity index (χ3v) is 5.25. The summed E-state index contributed by atoms with van der Waals surface area (Å²) < 4.78 is 10.9. The number of hydrogen-bond acceptors (Lipinski definition) is 6. The summed E-state index contributed by atoms with van der Waals surface area (Å²) >= 11 is 12.5. The number of anilines is 1. The molecule has 0 aliphatic rings. The Hall–Kier alpha value is -3.88. The molecule has 2 heterocycles. The van der Waals surface area contributed by atoms with E-state index in [-0.39, 0.29) is 17.1 Å². The number of halogens is 2. The zero-order valence-corrected chi connectivity index (χ0v) is 18.6. The zero-order chi connectivity index (χ0) is 23.5. The number of nitrogens with zero attached hydrogens (tertiary/aromatic N) is 2. The molecule has 0 spiro atoms. The number of primary amides is 1. The van der Waals surface area contributed by atoms with Gasteiger partial charge in [0, 0.05) is 17.2 Å². The predicted molar refractivity (Wildman–Crippen MR) is 124 cm³/mol. The fraction of sp³-hybridized carbons (Fsp3) is 0.0435. The summed E-state index contributed by atoms with van der Waals surface area (Å²) in [6.07, 6.45) is 1.43. The maximum atomic E-state index is 13.0. The summed E-state index contributed by atoms with van der Waals surface area (Å²) in [6.45, 7) is 1.62. The van der Waals surface area contributed by atoms with Crippen molar-refractivity contribution in [2.75, 3.05) is 5.32 Å². The first-order chi connectivity index (χ1) is 15.8. The minimum Gasteiger partial charge on any atom is -0.439 e. The van der Waals surface area contributed by atoms with E-state index >= 15 is 0 Å². The molecule has 0 saturated heterocycles. The van der Waals surface area contributed by atoms with Crippen molar-refractivity contribution < 1.29 is 18.8 Å². The summed E-state index contributed by atoms with van der Waals surface area (Å²) in [5.41, 5.74) is 6.85. The van der Waals surface area contributed by atoms with Gasteiger partial charge in [-0.3, -0.25) is 9.59 Å². The Labute approximate surface area is 198 Å². The van der Waals surface area contributed by atoms with Gasteiger partial charge in [-0.25, -0.2) is 4.98 Å². The third-order valence-electron chi connectivity index (χ3n) is 4.62. The van der Waals surface area contributed by atoms with Crippen LogP contribution in [0.2, 0.25) is 10.0 Å². The number of aryl methyl sites for hydroxylation is 1. The molecular weight excluding hydrogens is 467 g/mol. The van der Waals surface area contributed by atoms with Gasteiger partial charge in [0.25, 0.3) is 5.91 Å². The van der Waals surface area contributed by atoms with Crippen LogP contribution >= 0.6 is 23.2 Å². The van der Waals surface area contributed by atoms with Crippen LogP contribution in [0.4, 0.5) is 5.69 Å². The average Bonchev–Trinajstić information content (AvgIpc) is 3.16. The molecule has 3 N–H and O–H groups in total. The Balaban J connectivity index is 1.53. The first-order valence-electron chi connectivity index (χ1n) is 9.59. The van der Waals surface area contributed by atoms with E-state index < -0.39 is 11.8 Å². The van der Waals surface area contributed by atoms with E-state index in [2.05, 4.69) is 15.5 Å². The summed E-state index contributed by atoms with van der Waals surface area (Å²) in [6, 6.07) is 14.6. The number of ether oxygens (including phenoxy) is 1. The lowest BCUT2D eigenvalue weighted by atomic mass is 10.1. The number of nitrogens with one attached hydrogen (secondary N) is 1. The fourth-order valence-electron chi connectivity index (χ4n) is 3.08. The molecule has 33 heavy (non-hydrogen) atoms. The van der Waals surface area contributed by atoms with Crippen LogP contribution in [-0.2, 0) is 0 Å². The highest BCUT2D eigenvalue weighted by atomic mass is 35.5. The quantitative estimate of drug-likeness (QED) is 0.374. The Morgan fingerprint density at radius 2 is 1.79 bits per heavy atom. The average molecular weight is 483 g/mol. The molecular formula is C23H16Cl2N4O4. The minimum atomic E-state index is -0.562. The van der Waals surface area contributed by atoms with E-state index in [4.69, 9.17) is 38.2 Å². The number of pyridine rings is 1. The van der Waals surface area contributed by atoms with Gasteiger partial charge in [-0.1, -0.05) is 40.5 Å². The van der Waals surface area contributed by atoms with Crippen molar-refractivity contribution in [1.82, 2.24) is 10.1 Å². The lowest BCUT2D eigenvalue weighted by Crippen LogP contribution is -2.13. The maximum absolute atomic E-state index is 13.0. The highest BCUT2D eigenvalue weighted by molar-refractivity contribution is 6.39. The highest BCUT2D eigenvalue weighted by Gasteiger charge is 2.25. The van der Waals surface area contributed by atoms with Crippen molar-refractivity contribution in [3.8, 4) is 22.9 Å². The molecule has 0 atom stereocenters. The van der Waals surface area contributed by atoms with E-state index in [1.807, 2.05) is 0 Å². The van der Waals surface area contributed by atoms with Crippen LogP contribution in [0.3, 0.4) is 0 Å². The van der Waals surface area contributed by atoms with E-state index in [0.717, 1.165) is 0 Å². The van der Waals surface area contributed by atoms with Crippen LogP contribution in [0.15, 0.2) is 65.3 Å². The van der Waals surface area contributed by atoms with Gasteiger partial charge in [-0.05, 0) is 43.3 Å². The van der Waals surface area contributed by atoms with Crippen molar-refractivity contribution in [3.63, 3.8) is 0 Å². The molecule has 0 unspecified atom stereocenters. The van der Waals surface area contributed by atoms with Gasteiger partial charge in [0.2, 0.25) is 11.8 Å². The van der Waals surface area contributed by atoms with Crippen LogP contribution in [0.5, 0.6) is 11.6 Å². The minimum absolute atomic E-state index is 0.202. The first-order valence-corrected chi connectivity index (χ1v) is 10.3. The summed E-state index contributed by atoms with van der Waals surface area (Å²) in [4.78, 5) is 28.5. The lowest BCUT2D eigenvalue weighted by Gasteiger charge is -2.09. The number of aromatic nitrogens is 2. The van der Waals surface area contributed by atoms with E-state index in [9.17, 15) is 9.59 Å². The SMILES string of the molecule is Cc1onc(-c2c(Cl)cccc2Cl)c1C(=O)Nc1ccc(Oc2cccc(C(N)=O)c2)nc1. The first kappa shape index (κ1) is 22.3. The van der Waals surface area contributed by atoms with Gasteiger partial charge in [0.15, 0.2) is 0 Å². The Kier molecular flexibility index (Phi) is 6.30. The number of carbonyl (C=O) groups is 2. The van der Waals surface area contributed by atoms with E-state index in [1.165, 1.54) is 12.3 Å². The molecule has 4 rings (SSSR count). The number of nitrogens with two attached hydrogens (primary N) is 1. The second-order valence-corrected chi connectivity index (χ2v) is 7.71. The van der Waals surface area contributed by atoms with Gasteiger partial charge in [-0.15, -0.1) is 0 Å². The summed E-state index contributed by atoms with van der Waals surface area (Å²) in [5, 5.41) is 7.40. The van der Waals surface area contributed by atoms with Crippen molar-refractivity contribution in [2.45, 2.75) is 6.92 Å². The summed E-state index contributed by atoms with van der Waals surface area (Å²) in [5.74, 6) is -0.0608. The Bertz CT molecular complexity index is 1330. The molecule has 10 heteroatoms. The van der Waals surface area contributed by atoms with Crippen LogP contribution in [0, 0.1) is 6.92 Å². The van der Waals surface area contributed by atoms with Gasteiger partial charge in [0.1, 0.15) is 22.8 Å². The number of benzene rings is 2. The Morgan fingerprint density at radius 3 is 2.45 bits per heavy atom. The summed E-state index contributed by atoms with van der Waals surface area (Å²) in [7, 11) is 0. The number of hydrogen-bond donors (Lipinski definition) is 2. The van der Waals surface area contributed by atoms with E-state index in [0.29, 0.717) is 38.4 Å². The standard InChI is InChI=1S/C23H16Cl2N4O4/c1-12-19(21(29-33-12)20-16(24)6-3-7-17(20)25)23(31)28-14-8-9-18(27-11-14)32-15-5-2-4-13(10-15)22(26)30/h2-11H,1H3,(H2,26,30)(H,28,31). The normalized spacial score (nSPS) is 10.6. The zero-order valence-electron chi connectivity index (χ0n) is 17.1. The van der Waals surface area contributed by atoms with Gasteiger partial charge in [0.05, 0.1) is 21.9 Å². The molecule has 8 nitrogen and oxygen atoms in total. The third kappa shape index (κ3) is 4.82. The number of carbonyl (C=O) groups excluding carboxylic acids is 2. The monoisotopic (exact) mass is 482 g/mol. The second-order valence-electron chi connectivity index (χ2n) is 6.89. The molecule has 0 aliphatic carbocycles. The molecule has 0 bridgehead atoms. The van der Waals surface area contributed by atoms with Crippen LogP contribution in [-0.4, -0.2) is 22.0 Å². The van der Waals surface area contributed by atoms with E-state index in [1.54, 1.807) is 55.5 Å². The molecule has 0 fully saturated rings. The van der Waals surface area contributed by atoms with Crippen LogP contribution in [0.1, 0.15) is 26.5 Å². The van der Waals surface area contributed by atoms with Crippen LogP contribution < -0.4 is 15.8 Å². The molecule has 4 aromatic rings. The van der Waals surface area contributed by atoms with Crippen molar-refractivity contribution in [2.24, 2.45) is 5.73 Å². The van der Waals surface area contributed by atoms with Gasteiger partial charge in [-0.2, -0.15) is 0 Å². The lowest BCUT2D eigenvalue weighted by molar-refractivity contribution is 0.0997. The Morgan fingerprint density at radius 1 is 1.06 bits per heavy atom.